The largest absolute Gasteiger partial charge is 0.490 e. The Bertz CT molecular complexity index is 1040. The van der Waals surface area contributed by atoms with Gasteiger partial charge in [0.15, 0.2) is 18.1 Å². The molecule has 2 heterocycles. The minimum atomic E-state index is 0.0224. The van der Waals surface area contributed by atoms with Crippen molar-refractivity contribution in [1.82, 2.24) is 14.6 Å². The van der Waals surface area contributed by atoms with E-state index in [1.54, 1.807) is 17.2 Å². The molecular formula is C23H26N4O3. The van der Waals surface area contributed by atoms with E-state index in [1.165, 1.54) is 6.42 Å². The van der Waals surface area contributed by atoms with E-state index in [4.69, 9.17) is 9.47 Å². The molecule has 0 unspecified atom stereocenters. The second kappa shape index (κ2) is 9.43. The zero-order valence-corrected chi connectivity index (χ0v) is 17.2. The molecule has 7 nitrogen and oxygen atoms in total. The standard InChI is InChI=1S/C23H26N4O3/c1-2-29-22-14-18(15-25-27-17-24-19-8-4-5-9-20(19)27)10-11-21(22)30-16-23(28)26-12-6-3-7-13-26/h4-5,8-11,14-15,17H,2-3,6-7,12-13,16H2,1H3/b25-15-. The first-order valence-electron chi connectivity index (χ1n) is 10.4. The molecule has 30 heavy (non-hydrogen) atoms. The normalized spacial score (nSPS) is 14.4. The van der Waals surface area contributed by atoms with Crippen molar-refractivity contribution in [2.75, 3.05) is 26.3 Å². The van der Waals surface area contributed by atoms with Crippen LogP contribution in [0.2, 0.25) is 0 Å². The van der Waals surface area contributed by atoms with Gasteiger partial charge in [-0.3, -0.25) is 4.79 Å². The van der Waals surface area contributed by atoms with Crippen molar-refractivity contribution in [1.29, 1.82) is 0 Å². The summed E-state index contributed by atoms with van der Waals surface area (Å²) in [5.74, 6) is 1.19. The average molecular weight is 406 g/mol. The monoisotopic (exact) mass is 406 g/mol. The molecule has 4 rings (SSSR count). The van der Waals surface area contributed by atoms with E-state index in [0.717, 1.165) is 42.5 Å². The number of piperidine rings is 1. The van der Waals surface area contributed by atoms with Gasteiger partial charge in [-0.25, -0.2) is 9.66 Å². The summed E-state index contributed by atoms with van der Waals surface area (Å²) in [6, 6.07) is 13.4. The molecule has 1 amide bonds. The Labute approximate surface area is 175 Å². The molecule has 0 radical (unpaired) electrons. The third-order valence-corrected chi connectivity index (χ3v) is 5.09. The molecule has 2 aromatic carbocycles. The van der Waals surface area contributed by atoms with Crippen LogP contribution in [-0.4, -0.2) is 53.0 Å². The highest BCUT2D eigenvalue weighted by atomic mass is 16.5. The number of amides is 1. The molecule has 156 valence electrons. The maximum atomic E-state index is 12.4. The van der Waals surface area contributed by atoms with Crippen LogP contribution in [-0.2, 0) is 4.79 Å². The maximum absolute atomic E-state index is 12.4. The first kappa shape index (κ1) is 19.9. The number of carbonyl (C=O) groups excluding carboxylic acids is 1. The van der Waals surface area contributed by atoms with Gasteiger partial charge in [-0.05, 0) is 62.1 Å². The van der Waals surface area contributed by atoms with E-state index in [0.29, 0.717) is 18.1 Å². The molecule has 3 aromatic rings. The number of imidazole rings is 1. The third-order valence-electron chi connectivity index (χ3n) is 5.09. The van der Waals surface area contributed by atoms with Crippen molar-refractivity contribution >= 4 is 23.2 Å². The van der Waals surface area contributed by atoms with Crippen molar-refractivity contribution in [3.8, 4) is 11.5 Å². The van der Waals surface area contributed by atoms with Crippen LogP contribution in [0.1, 0.15) is 31.7 Å². The molecular weight excluding hydrogens is 380 g/mol. The van der Waals surface area contributed by atoms with Gasteiger partial charge in [-0.2, -0.15) is 5.10 Å². The van der Waals surface area contributed by atoms with Crippen LogP contribution in [0.3, 0.4) is 0 Å². The summed E-state index contributed by atoms with van der Waals surface area (Å²) >= 11 is 0. The van der Waals surface area contributed by atoms with Crippen LogP contribution in [0.25, 0.3) is 11.0 Å². The van der Waals surface area contributed by atoms with E-state index in [2.05, 4.69) is 10.1 Å². The first-order chi connectivity index (χ1) is 14.7. The van der Waals surface area contributed by atoms with Crippen molar-refractivity contribution in [3.05, 3.63) is 54.4 Å². The number of ether oxygens (including phenoxy) is 2. The predicted octanol–water partition coefficient (Wildman–Crippen LogP) is 3.71. The van der Waals surface area contributed by atoms with Crippen LogP contribution in [0.5, 0.6) is 11.5 Å². The van der Waals surface area contributed by atoms with Gasteiger partial charge in [0, 0.05) is 13.1 Å². The lowest BCUT2D eigenvalue weighted by Gasteiger charge is -2.26. The van der Waals surface area contributed by atoms with Crippen LogP contribution in [0, 0.1) is 0 Å². The summed E-state index contributed by atoms with van der Waals surface area (Å²) in [6.07, 6.45) is 6.76. The Morgan fingerprint density at radius 2 is 1.93 bits per heavy atom. The van der Waals surface area contributed by atoms with E-state index in [9.17, 15) is 4.79 Å². The summed E-state index contributed by atoms with van der Waals surface area (Å²) in [5, 5.41) is 4.50. The molecule has 1 aliphatic heterocycles. The van der Waals surface area contributed by atoms with Crippen LogP contribution < -0.4 is 9.47 Å². The smallest absolute Gasteiger partial charge is 0.260 e. The van der Waals surface area contributed by atoms with Gasteiger partial charge < -0.3 is 14.4 Å². The minimum Gasteiger partial charge on any atom is -0.490 e. The van der Waals surface area contributed by atoms with Crippen LogP contribution in [0.15, 0.2) is 53.9 Å². The number of carbonyl (C=O) groups is 1. The zero-order chi connectivity index (χ0) is 20.8. The summed E-state index contributed by atoms with van der Waals surface area (Å²) in [6.45, 7) is 4.08. The highest BCUT2D eigenvalue weighted by Gasteiger charge is 2.17. The van der Waals surface area contributed by atoms with Gasteiger partial charge in [-0.15, -0.1) is 0 Å². The van der Waals surface area contributed by atoms with E-state index < -0.39 is 0 Å². The van der Waals surface area contributed by atoms with Crippen molar-refractivity contribution in [3.63, 3.8) is 0 Å². The van der Waals surface area contributed by atoms with Gasteiger partial charge in [0.2, 0.25) is 0 Å². The lowest BCUT2D eigenvalue weighted by Crippen LogP contribution is -2.38. The number of hydrogen-bond donors (Lipinski definition) is 0. The lowest BCUT2D eigenvalue weighted by molar-refractivity contribution is -0.134. The topological polar surface area (TPSA) is 69.0 Å². The Morgan fingerprint density at radius 3 is 2.77 bits per heavy atom. The number of likely N-dealkylation sites (tertiary alicyclic amines) is 1. The maximum Gasteiger partial charge on any atom is 0.260 e. The van der Waals surface area contributed by atoms with Gasteiger partial charge in [0.05, 0.1) is 23.9 Å². The quantitative estimate of drug-likeness (QED) is 0.561. The van der Waals surface area contributed by atoms with Gasteiger partial charge in [0.25, 0.3) is 5.91 Å². The molecule has 7 heteroatoms. The fourth-order valence-electron chi connectivity index (χ4n) is 3.53. The van der Waals surface area contributed by atoms with Crippen molar-refractivity contribution in [2.24, 2.45) is 5.10 Å². The summed E-state index contributed by atoms with van der Waals surface area (Å²) in [4.78, 5) is 18.6. The highest BCUT2D eigenvalue weighted by Crippen LogP contribution is 2.28. The molecule has 0 saturated carbocycles. The Balaban J connectivity index is 1.46. The number of benzene rings is 2. The average Bonchev–Trinajstić information content (AvgIpc) is 3.21. The van der Waals surface area contributed by atoms with Gasteiger partial charge >= 0.3 is 0 Å². The second-order valence-corrected chi connectivity index (χ2v) is 7.19. The lowest BCUT2D eigenvalue weighted by atomic mass is 10.1. The fourth-order valence-corrected chi connectivity index (χ4v) is 3.53. The summed E-state index contributed by atoms with van der Waals surface area (Å²) in [7, 11) is 0. The fraction of sp³-hybridized carbons (Fsp3) is 0.348. The third kappa shape index (κ3) is 4.62. The molecule has 1 aromatic heterocycles. The number of hydrogen-bond acceptors (Lipinski definition) is 5. The van der Waals surface area contributed by atoms with Crippen molar-refractivity contribution in [2.45, 2.75) is 26.2 Å². The summed E-state index contributed by atoms with van der Waals surface area (Å²) < 4.78 is 13.3. The number of rotatable bonds is 7. The molecule has 1 aliphatic rings. The van der Waals surface area contributed by atoms with Crippen molar-refractivity contribution < 1.29 is 14.3 Å². The van der Waals surface area contributed by atoms with E-state index >= 15 is 0 Å². The summed E-state index contributed by atoms with van der Waals surface area (Å²) in [5.41, 5.74) is 2.70. The Hall–Kier alpha value is -3.35. The molecule has 0 aliphatic carbocycles. The molecule has 0 N–H and O–H groups in total. The van der Waals surface area contributed by atoms with Gasteiger partial charge in [0.1, 0.15) is 6.33 Å². The zero-order valence-electron chi connectivity index (χ0n) is 17.2. The number of aromatic nitrogens is 2. The number of fused-ring (bicyclic) bond motifs is 1. The molecule has 1 saturated heterocycles. The highest BCUT2D eigenvalue weighted by molar-refractivity contribution is 5.82. The molecule has 0 bridgehead atoms. The Morgan fingerprint density at radius 1 is 1.10 bits per heavy atom. The van der Waals surface area contributed by atoms with Crippen LogP contribution >= 0.6 is 0 Å². The predicted molar refractivity (Wildman–Crippen MR) is 116 cm³/mol. The molecule has 0 spiro atoms. The van der Waals surface area contributed by atoms with Gasteiger partial charge in [-0.1, -0.05) is 12.1 Å². The first-order valence-corrected chi connectivity index (χ1v) is 10.4. The minimum absolute atomic E-state index is 0.0224. The van der Waals surface area contributed by atoms with E-state index in [1.807, 2.05) is 54.3 Å². The number of nitrogens with zero attached hydrogens (tertiary/aromatic N) is 4. The number of para-hydroxylation sites is 2. The second-order valence-electron chi connectivity index (χ2n) is 7.19. The molecule has 0 atom stereocenters. The Kier molecular flexibility index (Phi) is 6.27. The van der Waals surface area contributed by atoms with E-state index in [-0.39, 0.29) is 12.5 Å². The molecule has 1 fully saturated rings. The SMILES string of the molecule is CCOc1cc(/C=N\n2cnc3ccccc32)ccc1OCC(=O)N1CCCCC1. The van der Waals surface area contributed by atoms with Crippen LogP contribution in [0.4, 0.5) is 0 Å².